The van der Waals surface area contributed by atoms with Crippen LogP contribution in [0.15, 0.2) is 41.9 Å². The van der Waals surface area contributed by atoms with Crippen LogP contribution in [-0.2, 0) is 9.53 Å². The van der Waals surface area contributed by atoms with E-state index in [1.165, 1.54) is 16.9 Å². The fourth-order valence-electron chi connectivity index (χ4n) is 2.33. The molecular formula is C18H20N4O2S2. The van der Waals surface area contributed by atoms with Gasteiger partial charge in [-0.3, -0.25) is 4.79 Å². The molecule has 0 bridgehead atoms. The topological polar surface area (TPSA) is 76.1 Å². The number of hydrogen-bond donors (Lipinski definition) is 2. The van der Waals surface area contributed by atoms with Crippen molar-refractivity contribution in [2.75, 3.05) is 25.5 Å². The second kappa shape index (κ2) is 8.88. The third kappa shape index (κ3) is 4.66. The number of ether oxygens (including phenoxy) is 1. The van der Waals surface area contributed by atoms with E-state index in [9.17, 15) is 4.79 Å². The second-order valence-electron chi connectivity index (χ2n) is 5.53. The van der Waals surface area contributed by atoms with E-state index in [1.807, 2.05) is 6.07 Å². The van der Waals surface area contributed by atoms with Gasteiger partial charge in [0.15, 0.2) is 0 Å². The summed E-state index contributed by atoms with van der Waals surface area (Å²) >= 11 is 3.45. The normalized spacial score (nSPS) is 11.9. The first-order valence-electron chi connectivity index (χ1n) is 8.19. The molecule has 0 amide bonds. The Hall–Kier alpha value is -2.29. The average molecular weight is 389 g/mol. The summed E-state index contributed by atoms with van der Waals surface area (Å²) in [5.41, 5.74) is 0.895. The van der Waals surface area contributed by atoms with Crippen LogP contribution in [0.3, 0.4) is 0 Å². The minimum Gasteiger partial charge on any atom is -0.468 e. The molecule has 6 nitrogen and oxygen atoms in total. The summed E-state index contributed by atoms with van der Waals surface area (Å²) in [6.07, 6.45) is 1.75. The number of nitrogens with one attached hydrogen (secondary N) is 2. The van der Waals surface area contributed by atoms with Gasteiger partial charge in [0.1, 0.15) is 6.04 Å². The zero-order valence-electron chi connectivity index (χ0n) is 14.6. The Labute approximate surface area is 160 Å². The molecule has 1 unspecified atom stereocenters. The number of thiophene rings is 2. The summed E-state index contributed by atoms with van der Waals surface area (Å²) in [6, 6.07) is 9.96. The second-order valence-corrected chi connectivity index (χ2v) is 7.56. The number of methoxy groups -OCH3 is 1. The predicted molar refractivity (Wildman–Crippen MR) is 107 cm³/mol. The summed E-state index contributed by atoms with van der Waals surface area (Å²) in [5, 5.41) is 8.33. The number of anilines is 1. The Bertz CT molecular complexity index is 849. The van der Waals surface area contributed by atoms with E-state index in [-0.39, 0.29) is 12.0 Å². The molecular weight excluding hydrogens is 368 g/mol. The summed E-state index contributed by atoms with van der Waals surface area (Å²) < 4.78 is 4.68. The van der Waals surface area contributed by atoms with Crippen molar-refractivity contribution in [2.24, 2.45) is 0 Å². The Morgan fingerprint density at radius 3 is 2.81 bits per heavy atom. The largest absolute Gasteiger partial charge is 0.468 e. The van der Waals surface area contributed by atoms with Crippen molar-refractivity contribution >= 4 is 34.6 Å². The van der Waals surface area contributed by atoms with Gasteiger partial charge in [-0.15, -0.1) is 22.7 Å². The molecule has 0 saturated carbocycles. The van der Waals surface area contributed by atoms with Gasteiger partial charge in [0, 0.05) is 29.0 Å². The van der Waals surface area contributed by atoms with Crippen LogP contribution in [0, 0.1) is 0 Å². The molecule has 2 N–H and O–H groups in total. The molecule has 1 atom stereocenters. The van der Waals surface area contributed by atoms with Crippen LogP contribution in [0.4, 0.5) is 5.95 Å². The Morgan fingerprint density at radius 1 is 1.19 bits per heavy atom. The van der Waals surface area contributed by atoms with Crippen molar-refractivity contribution in [2.45, 2.75) is 13.0 Å². The molecule has 0 aliphatic carbocycles. The molecule has 0 aliphatic rings. The molecule has 0 radical (unpaired) electrons. The van der Waals surface area contributed by atoms with Crippen LogP contribution < -0.4 is 10.6 Å². The highest BCUT2D eigenvalue weighted by Gasteiger charge is 2.11. The van der Waals surface area contributed by atoms with Crippen LogP contribution in [-0.4, -0.2) is 42.2 Å². The summed E-state index contributed by atoms with van der Waals surface area (Å²) in [5.74, 6) is 0.295. The zero-order valence-corrected chi connectivity index (χ0v) is 16.2. The zero-order chi connectivity index (χ0) is 18.4. The Balaban J connectivity index is 1.58. The first-order valence-corrected chi connectivity index (χ1v) is 9.89. The van der Waals surface area contributed by atoms with Crippen LogP contribution in [0.5, 0.6) is 0 Å². The number of hydrogen-bond acceptors (Lipinski definition) is 8. The molecule has 26 heavy (non-hydrogen) atoms. The molecule has 3 aromatic rings. The molecule has 3 heterocycles. The highest BCUT2D eigenvalue weighted by atomic mass is 32.1. The van der Waals surface area contributed by atoms with Crippen molar-refractivity contribution in [3.63, 3.8) is 0 Å². The fraction of sp³-hybridized carbons (Fsp3) is 0.278. The minimum absolute atomic E-state index is 0.275. The first kappa shape index (κ1) is 18.5. The van der Waals surface area contributed by atoms with Crippen LogP contribution in [0.1, 0.15) is 6.92 Å². The van der Waals surface area contributed by atoms with Gasteiger partial charge < -0.3 is 15.4 Å². The average Bonchev–Trinajstić information content (AvgIpc) is 3.36. The first-order chi connectivity index (χ1) is 12.7. The maximum absolute atomic E-state index is 11.3. The lowest BCUT2D eigenvalue weighted by Gasteiger charge is -2.11. The quantitative estimate of drug-likeness (QED) is 0.454. The molecule has 0 aliphatic heterocycles. The van der Waals surface area contributed by atoms with Gasteiger partial charge in [-0.1, -0.05) is 6.07 Å². The maximum atomic E-state index is 11.3. The highest BCUT2D eigenvalue weighted by Crippen LogP contribution is 2.35. The van der Waals surface area contributed by atoms with Crippen molar-refractivity contribution in [3.05, 3.63) is 41.9 Å². The van der Waals surface area contributed by atoms with Gasteiger partial charge in [-0.05, 0) is 36.6 Å². The number of carbonyl (C=O) groups is 1. The van der Waals surface area contributed by atoms with Crippen LogP contribution in [0.25, 0.3) is 20.3 Å². The summed E-state index contributed by atoms with van der Waals surface area (Å²) in [4.78, 5) is 23.8. The van der Waals surface area contributed by atoms with Gasteiger partial charge in [0.25, 0.3) is 0 Å². The lowest BCUT2D eigenvalue weighted by Crippen LogP contribution is -2.37. The molecule has 8 heteroatoms. The number of nitrogens with zero attached hydrogens (tertiary/aromatic N) is 2. The van der Waals surface area contributed by atoms with Gasteiger partial charge in [0.2, 0.25) is 5.95 Å². The van der Waals surface area contributed by atoms with E-state index in [2.05, 4.69) is 55.0 Å². The van der Waals surface area contributed by atoms with Crippen molar-refractivity contribution in [1.29, 1.82) is 0 Å². The van der Waals surface area contributed by atoms with Crippen molar-refractivity contribution in [1.82, 2.24) is 15.3 Å². The van der Waals surface area contributed by atoms with Crippen LogP contribution >= 0.6 is 22.7 Å². The lowest BCUT2D eigenvalue weighted by atomic mass is 10.3. The van der Waals surface area contributed by atoms with Gasteiger partial charge in [-0.2, -0.15) is 0 Å². The summed E-state index contributed by atoms with van der Waals surface area (Å²) in [7, 11) is 1.38. The summed E-state index contributed by atoms with van der Waals surface area (Å²) in [6.45, 7) is 2.98. The number of aromatic nitrogens is 2. The highest BCUT2D eigenvalue weighted by molar-refractivity contribution is 7.23. The lowest BCUT2D eigenvalue weighted by molar-refractivity contribution is -0.142. The Kier molecular flexibility index (Phi) is 6.32. The number of esters is 1. The number of carbonyl (C=O) groups excluding carboxylic acids is 1. The Morgan fingerprint density at radius 2 is 2.04 bits per heavy atom. The van der Waals surface area contributed by atoms with Gasteiger partial charge in [-0.25, -0.2) is 9.97 Å². The molecule has 0 spiro atoms. The fourth-order valence-corrected chi connectivity index (χ4v) is 4.14. The molecule has 0 fully saturated rings. The predicted octanol–water partition coefficient (Wildman–Crippen LogP) is 3.50. The third-order valence-electron chi connectivity index (χ3n) is 3.69. The van der Waals surface area contributed by atoms with E-state index >= 15 is 0 Å². The molecule has 136 valence electrons. The van der Waals surface area contributed by atoms with Crippen LogP contribution in [0.2, 0.25) is 0 Å². The van der Waals surface area contributed by atoms with Gasteiger partial charge in [0.05, 0.1) is 17.7 Å². The smallest absolute Gasteiger partial charge is 0.322 e. The van der Waals surface area contributed by atoms with E-state index in [0.29, 0.717) is 19.0 Å². The SMILES string of the molecule is COC(=O)C(C)NCCNc1nccc(-c2ccc(-c3cccs3)s2)n1. The van der Waals surface area contributed by atoms with Gasteiger partial charge >= 0.3 is 5.97 Å². The van der Waals surface area contributed by atoms with E-state index in [0.717, 1.165) is 10.6 Å². The third-order valence-corrected chi connectivity index (χ3v) is 5.86. The monoisotopic (exact) mass is 388 g/mol. The molecule has 0 aromatic carbocycles. The standard InChI is InChI=1S/C18H20N4O2S2/c1-12(17(23)24-2)19-9-10-21-18-20-8-7-13(22-18)14-5-6-16(26-14)15-4-3-11-25-15/h3-8,11-12,19H,9-10H2,1-2H3,(H,20,21,22). The minimum atomic E-state index is -0.337. The van der Waals surface area contributed by atoms with E-state index in [1.54, 1.807) is 35.8 Å². The van der Waals surface area contributed by atoms with Crippen molar-refractivity contribution < 1.29 is 9.53 Å². The maximum Gasteiger partial charge on any atom is 0.322 e. The molecule has 0 saturated heterocycles. The van der Waals surface area contributed by atoms with E-state index < -0.39 is 0 Å². The number of rotatable bonds is 8. The molecule has 3 aromatic heterocycles. The van der Waals surface area contributed by atoms with Crippen molar-refractivity contribution in [3.8, 4) is 20.3 Å². The van der Waals surface area contributed by atoms with E-state index in [4.69, 9.17) is 0 Å². The molecule has 3 rings (SSSR count).